The number of ether oxygens (including phenoxy) is 1. The molecule has 2 rings (SSSR count). The van der Waals surface area contributed by atoms with Crippen LogP contribution in [0.3, 0.4) is 0 Å². The Morgan fingerprint density at radius 1 is 1.13 bits per heavy atom. The highest BCUT2D eigenvalue weighted by Crippen LogP contribution is 2.23. The molecule has 2 aromatic rings. The minimum Gasteiger partial charge on any atom is -0.490 e. The third-order valence-corrected chi connectivity index (χ3v) is 4.41. The van der Waals surface area contributed by atoms with Crippen LogP contribution in [0.2, 0.25) is 0 Å². The topological polar surface area (TPSA) is 41.5 Å². The largest absolute Gasteiger partial charge is 0.490 e. The van der Waals surface area contributed by atoms with E-state index in [4.69, 9.17) is 4.74 Å². The summed E-state index contributed by atoms with van der Waals surface area (Å²) in [5.74, 6) is 0.747. The molecule has 0 aliphatic heterocycles. The minimum atomic E-state index is -0.554. The lowest BCUT2D eigenvalue weighted by Crippen LogP contribution is -2.33. The van der Waals surface area contributed by atoms with Crippen molar-refractivity contribution in [2.75, 3.05) is 13.2 Å². The fourth-order valence-electron chi connectivity index (χ4n) is 2.38. The fraction of sp³-hybridized carbons (Fsp3) is 0.368. The van der Waals surface area contributed by atoms with Gasteiger partial charge in [-0.25, -0.2) is 0 Å². The lowest BCUT2D eigenvalue weighted by molar-refractivity contribution is 0.103. The molecule has 2 atom stereocenters. The molecule has 3 nitrogen and oxygen atoms in total. The van der Waals surface area contributed by atoms with Crippen molar-refractivity contribution in [2.24, 2.45) is 0 Å². The summed E-state index contributed by atoms with van der Waals surface area (Å²) in [6.45, 7) is 4.99. The molecule has 2 aromatic carbocycles. The molecule has 0 bridgehead atoms. The van der Waals surface area contributed by atoms with Crippen LogP contribution in [0.4, 0.5) is 0 Å². The molecule has 124 valence electrons. The van der Waals surface area contributed by atoms with E-state index in [0.29, 0.717) is 6.54 Å². The summed E-state index contributed by atoms with van der Waals surface area (Å²) in [6.07, 6.45) is 0.419. The average molecular weight is 378 g/mol. The van der Waals surface area contributed by atoms with Gasteiger partial charge in [-0.1, -0.05) is 48.9 Å². The molecule has 0 spiro atoms. The van der Waals surface area contributed by atoms with Crippen molar-refractivity contribution in [2.45, 2.75) is 32.4 Å². The van der Waals surface area contributed by atoms with Gasteiger partial charge in [0, 0.05) is 12.6 Å². The quantitative estimate of drug-likeness (QED) is 0.722. The number of para-hydroxylation sites is 1. The van der Waals surface area contributed by atoms with Gasteiger partial charge in [0.1, 0.15) is 18.5 Å². The summed E-state index contributed by atoms with van der Waals surface area (Å²) in [5, 5.41) is 13.5. The molecule has 0 saturated heterocycles. The average Bonchev–Trinajstić information content (AvgIpc) is 2.56. The monoisotopic (exact) mass is 377 g/mol. The normalized spacial score (nSPS) is 13.6. The van der Waals surface area contributed by atoms with Crippen LogP contribution in [0, 0.1) is 6.92 Å². The van der Waals surface area contributed by atoms with E-state index in [9.17, 15) is 5.11 Å². The lowest BCUT2D eigenvalue weighted by atomic mass is 10.0. The SMILES string of the molecule is CCC(NCC(O)COc1ccccc1Br)c1ccc(C)cc1. The van der Waals surface area contributed by atoms with E-state index in [2.05, 4.69) is 59.4 Å². The second-order valence-corrected chi connectivity index (χ2v) is 6.53. The van der Waals surface area contributed by atoms with Crippen LogP contribution in [0.5, 0.6) is 5.75 Å². The smallest absolute Gasteiger partial charge is 0.133 e. The maximum atomic E-state index is 10.1. The highest BCUT2D eigenvalue weighted by Gasteiger charge is 2.12. The second-order valence-electron chi connectivity index (χ2n) is 5.68. The molecule has 0 heterocycles. The third kappa shape index (κ3) is 5.65. The van der Waals surface area contributed by atoms with Gasteiger partial charge in [-0.05, 0) is 47.0 Å². The van der Waals surface area contributed by atoms with E-state index in [1.807, 2.05) is 24.3 Å². The van der Waals surface area contributed by atoms with Crippen molar-refractivity contribution >= 4 is 15.9 Å². The Labute approximate surface area is 146 Å². The molecule has 0 radical (unpaired) electrons. The van der Waals surface area contributed by atoms with Gasteiger partial charge in [-0.3, -0.25) is 0 Å². The highest BCUT2D eigenvalue weighted by molar-refractivity contribution is 9.10. The number of aliphatic hydroxyl groups is 1. The molecular weight excluding hydrogens is 354 g/mol. The molecule has 2 N–H and O–H groups in total. The van der Waals surface area contributed by atoms with E-state index in [0.717, 1.165) is 16.6 Å². The molecule has 0 aliphatic rings. The molecule has 0 aliphatic carbocycles. The van der Waals surface area contributed by atoms with Gasteiger partial charge in [0.15, 0.2) is 0 Å². The molecule has 4 heteroatoms. The van der Waals surface area contributed by atoms with E-state index in [-0.39, 0.29) is 12.6 Å². The standard InChI is InChI=1S/C19H24BrNO2/c1-3-18(15-10-8-14(2)9-11-15)21-12-16(22)13-23-19-7-5-4-6-17(19)20/h4-11,16,18,21-22H,3,12-13H2,1-2H3. The fourth-order valence-corrected chi connectivity index (χ4v) is 2.78. The zero-order valence-corrected chi connectivity index (χ0v) is 15.2. The summed E-state index contributed by atoms with van der Waals surface area (Å²) < 4.78 is 6.54. The van der Waals surface area contributed by atoms with Crippen molar-refractivity contribution in [3.63, 3.8) is 0 Å². The second kappa shape index (κ2) is 9.06. The summed E-state index contributed by atoms with van der Waals surface area (Å²) in [5.41, 5.74) is 2.50. The van der Waals surface area contributed by atoms with Crippen LogP contribution in [0.15, 0.2) is 53.0 Å². The van der Waals surface area contributed by atoms with E-state index in [1.54, 1.807) is 0 Å². The van der Waals surface area contributed by atoms with Gasteiger partial charge >= 0.3 is 0 Å². The van der Waals surface area contributed by atoms with E-state index >= 15 is 0 Å². The first-order valence-electron chi connectivity index (χ1n) is 7.95. The predicted octanol–water partition coefficient (Wildman–Crippen LogP) is 4.24. The number of hydrogen-bond acceptors (Lipinski definition) is 3. The molecule has 0 saturated carbocycles. The maximum absolute atomic E-state index is 10.1. The number of rotatable bonds is 8. The van der Waals surface area contributed by atoms with Gasteiger partial charge in [0.05, 0.1) is 4.47 Å². The lowest BCUT2D eigenvalue weighted by Gasteiger charge is -2.20. The van der Waals surface area contributed by atoms with Crippen molar-refractivity contribution in [1.29, 1.82) is 0 Å². The Morgan fingerprint density at radius 3 is 2.48 bits per heavy atom. The predicted molar refractivity (Wildman–Crippen MR) is 97.9 cm³/mol. The molecule has 23 heavy (non-hydrogen) atoms. The number of halogens is 1. The minimum absolute atomic E-state index is 0.244. The maximum Gasteiger partial charge on any atom is 0.133 e. The van der Waals surface area contributed by atoms with Crippen LogP contribution < -0.4 is 10.1 Å². The zero-order chi connectivity index (χ0) is 16.7. The summed E-state index contributed by atoms with van der Waals surface area (Å²) in [6, 6.07) is 16.4. The Balaban J connectivity index is 1.81. The first-order chi connectivity index (χ1) is 11.1. The molecule has 0 amide bonds. The van der Waals surface area contributed by atoms with Gasteiger partial charge < -0.3 is 15.2 Å². The molecular formula is C19H24BrNO2. The van der Waals surface area contributed by atoms with Gasteiger partial charge in [-0.2, -0.15) is 0 Å². The van der Waals surface area contributed by atoms with Gasteiger partial charge in [0.2, 0.25) is 0 Å². The van der Waals surface area contributed by atoms with Crippen LogP contribution >= 0.6 is 15.9 Å². The van der Waals surface area contributed by atoms with Crippen molar-refractivity contribution in [3.8, 4) is 5.75 Å². The van der Waals surface area contributed by atoms with Crippen LogP contribution in [-0.4, -0.2) is 24.4 Å². The molecule has 0 fully saturated rings. The Bertz CT molecular complexity index is 601. The van der Waals surface area contributed by atoms with Gasteiger partial charge in [-0.15, -0.1) is 0 Å². The van der Waals surface area contributed by atoms with E-state index < -0.39 is 6.10 Å². The number of aliphatic hydroxyl groups excluding tert-OH is 1. The molecule has 0 aromatic heterocycles. The number of nitrogens with one attached hydrogen (secondary N) is 1. The number of benzene rings is 2. The third-order valence-electron chi connectivity index (χ3n) is 3.76. The summed E-state index contributed by atoms with van der Waals surface area (Å²) in [4.78, 5) is 0. The number of aryl methyl sites for hydroxylation is 1. The Kier molecular flexibility index (Phi) is 7.09. The Morgan fingerprint density at radius 2 is 1.83 bits per heavy atom. The number of hydrogen-bond donors (Lipinski definition) is 2. The Hall–Kier alpha value is -1.36. The summed E-state index contributed by atoms with van der Waals surface area (Å²) in [7, 11) is 0. The van der Waals surface area contributed by atoms with Gasteiger partial charge in [0.25, 0.3) is 0 Å². The van der Waals surface area contributed by atoms with Crippen molar-refractivity contribution in [1.82, 2.24) is 5.32 Å². The van der Waals surface area contributed by atoms with Crippen LogP contribution in [0.25, 0.3) is 0 Å². The highest BCUT2D eigenvalue weighted by atomic mass is 79.9. The first kappa shape index (κ1) is 18.0. The van der Waals surface area contributed by atoms with Crippen LogP contribution in [0.1, 0.15) is 30.5 Å². The van der Waals surface area contributed by atoms with Crippen molar-refractivity contribution in [3.05, 3.63) is 64.1 Å². The molecule has 2 unspecified atom stereocenters. The first-order valence-corrected chi connectivity index (χ1v) is 8.74. The summed E-state index contributed by atoms with van der Waals surface area (Å²) >= 11 is 3.43. The van der Waals surface area contributed by atoms with Crippen molar-refractivity contribution < 1.29 is 9.84 Å². The van der Waals surface area contributed by atoms with Crippen LogP contribution in [-0.2, 0) is 0 Å². The van der Waals surface area contributed by atoms with E-state index in [1.165, 1.54) is 11.1 Å². The zero-order valence-electron chi connectivity index (χ0n) is 13.6.